The number of anilines is 1. The number of sulfonamides is 1. The summed E-state index contributed by atoms with van der Waals surface area (Å²) in [6.45, 7) is 4.12. The standard InChI is InChI=1S/C21H22ClN5O4S/c1-14-12-15(2)27(25-14)11-10-20(28)23-24-21(29)16-4-3-5-19(13-16)32(30,31)26-18-8-6-17(22)7-9-18/h3-9,12-13,26H,10-11H2,1-2H3,(H,23,28)(H,24,29). The average molecular weight is 476 g/mol. The normalized spacial score (nSPS) is 11.1. The summed E-state index contributed by atoms with van der Waals surface area (Å²) in [5.41, 5.74) is 6.81. The van der Waals surface area contributed by atoms with Gasteiger partial charge in [0.1, 0.15) is 0 Å². The molecule has 168 valence electrons. The average Bonchev–Trinajstić information content (AvgIpc) is 3.09. The van der Waals surface area contributed by atoms with Crippen molar-refractivity contribution in [3.63, 3.8) is 0 Å². The maximum absolute atomic E-state index is 12.6. The molecule has 0 saturated carbocycles. The molecule has 0 spiro atoms. The van der Waals surface area contributed by atoms with E-state index in [4.69, 9.17) is 11.6 Å². The molecule has 0 radical (unpaired) electrons. The third-order valence-electron chi connectivity index (χ3n) is 4.47. The second-order valence-electron chi connectivity index (χ2n) is 7.04. The molecule has 0 aliphatic heterocycles. The smallest absolute Gasteiger partial charge is 0.269 e. The first-order valence-electron chi connectivity index (χ1n) is 9.63. The van der Waals surface area contributed by atoms with E-state index < -0.39 is 21.8 Å². The number of rotatable bonds is 7. The molecule has 0 saturated heterocycles. The molecule has 0 atom stereocenters. The van der Waals surface area contributed by atoms with E-state index in [2.05, 4.69) is 20.7 Å². The molecule has 32 heavy (non-hydrogen) atoms. The van der Waals surface area contributed by atoms with Crippen LogP contribution in [0.15, 0.2) is 59.5 Å². The highest BCUT2D eigenvalue weighted by atomic mass is 35.5. The second kappa shape index (κ2) is 9.84. The summed E-state index contributed by atoms with van der Waals surface area (Å²) in [5, 5.41) is 4.75. The molecular weight excluding hydrogens is 454 g/mol. The van der Waals surface area contributed by atoms with E-state index >= 15 is 0 Å². The number of amides is 2. The predicted molar refractivity (Wildman–Crippen MR) is 121 cm³/mol. The van der Waals surface area contributed by atoms with Crippen LogP contribution in [0.5, 0.6) is 0 Å². The van der Waals surface area contributed by atoms with E-state index in [0.717, 1.165) is 11.4 Å². The maximum atomic E-state index is 12.6. The minimum Gasteiger partial charge on any atom is -0.280 e. The molecule has 3 aromatic rings. The number of nitrogens with one attached hydrogen (secondary N) is 3. The number of carbonyl (C=O) groups is 2. The van der Waals surface area contributed by atoms with E-state index in [0.29, 0.717) is 17.3 Å². The van der Waals surface area contributed by atoms with Gasteiger partial charge in [0, 0.05) is 28.4 Å². The van der Waals surface area contributed by atoms with Crippen molar-refractivity contribution in [2.24, 2.45) is 0 Å². The lowest BCUT2D eigenvalue weighted by atomic mass is 10.2. The van der Waals surface area contributed by atoms with Crippen molar-refractivity contribution < 1.29 is 18.0 Å². The lowest BCUT2D eigenvalue weighted by Crippen LogP contribution is -2.42. The van der Waals surface area contributed by atoms with Gasteiger partial charge in [-0.2, -0.15) is 5.10 Å². The van der Waals surface area contributed by atoms with Gasteiger partial charge in [-0.3, -0.25) is 29.8 Å². The van der Waals surface area contributed by atoms with Crippen LogP contribution in [-0.2, 0) is 21.4 Å². The van der Waals surface area contributed by atoms with E-state index in [1.165, 1.54) is 36.4 Å². The van der Waals surface area contributed by atoms with Crippen molar-refractivity contribution >= 4 is 39.1 Å². The molecule has 0 bridgehead atoms. The number of aryl methyl sites for hydroxylation is 3. The molecule has 1 heterocycles. The molecule has 0 aliphatic rings. The van der Waals surface area contributed by atoms with Crippen LogP contribution in [0, 0.1) is 13.8 Å². The molecule has 3 N–H and O–H groups in total. The molecule has 9 nitrogen and oxygen atoms in total. The van der Waals surface area contributed by atoms with Crippen molar-refractivity contribution in [3.8, 4) is 0 Å². The van der Waals surface area contributed by atoms with Gasteiger partial charge in [0.15, 0.2) is 0 Å². The van der Waals surface area contributed by atoms with Crippen molar-refractivity contribution in [1.82, 2.24) is 20.6 Å². The molecule has 2 amide bonds. The Balaban J connectivity index is 1.59. The summed E-state index contributed by atoms with van der Waals surface area (Å²) in [6.07, 6.45) is 0.113. The van der Waals surface area contributed by atoms with Crippen molar-refractivity contribution in [3.05, 3.63) is 76.6 Å². The largest absolute Gasteiger partial charge is 0.280 e. The van der Waals surface area contributed by atoms with Crippen LogP contribution < -0.4 is 15.6 Å². The quantitative estimate of drug-likeness (QED) is 0.453. The van der Waals surface area contributed by atoms with Gasteiger partial charge < -0.3 is 0 Å². The SMILES string of the molecule is Cc1cc(C)n(CCC(=O)NNC(=O)c2cccc(S(=O)(=O)Nc3ccc(Cl)cc3)c2)n1. The first-order chi connectivity index (χ1) is 15.1. The molecule has 0 unspecified atom stereocenters. The van der Waals surface area contributed by atoms with E-state index in [1.54, 1.807) is 16.8 Å². The number of carbonyl (C=O) groups excluding carboxylic acids is 2. The molecular formula is C21H22ClN5O4S. The third kappa shape index (κ3) is 6.08. The second-order valence-corrected chi connectivity index (χ2v) is 9.16. The zero-order valence-corrected chi connectivity index (χ0v) is 19.0. The van der Waals surface area contributed by atoms with Crippen LogP contribution >= 0.6 is 11.6 Å². The van der Waals surface area contributed by atoms with Crippen molar-refractivity contribution in [2.75, 3.05) is 4.72 Å². The van der Waals surface area contributed by atoms with Crippen LogP contribution in [0.1, 0.15) is 28.2 Å². The molecule has 2 aromatic carbocycles. The highest BCUT2D eigenvalue weighted by Gasteiger charge is 2.17. The lowest BCUT2D eigenvalue weighted by Gasteiger charge is -2.11. The van der Waals surface area contributed by atoms with Gasteiger partial charge in [0.05, 0.1) is 17.1 Å². The lowest BCUT2D eigenvalue weighted by molar-refractivity contribution is -0.122. The Morgan fingerprint density at radius 2 is 1.75 bits per heavy atom. The zero-order valence-electron chi connectivity index (χ0n) is 17.4. The van der Waals surface area contributed by atoms with Crippen LogP contribution in [0.25, 0.3) is 0 Å². The van der Waals surface area contributed by atoms with Crippen molar-refractivity contribution in [2.45, 2.75) is 31.7 Å². The monoisotopic (exact) mass is 475 g/mol. The summed E-state index contributed by atoms with van der Waals surface area (Å²) in [5.74, 6) is -1.05. The number of hydrazine groups is 1. The predicted octanol–water partition coefficient (Wildman–Crippen LogP) is 2.81. The molecule has 0 fully saturated rings. The number of hydrogen-bond acceptors (Lipinski definition) is 5. The Morgan fingerprint density at radius 1 is 1.03 bits per heavy atom. The van der Waals surface area contributed by atoms with Crippen LogP contribution in [0.4, 0.5) is 5.69 Å². The van der Waals surface area contributed by atoms with E-state index in [1.807, 2.05) is 19.9 Å². The Kier molecular flexibility index (Phi) is 7.16. The molecule has 0 aliphatic carbocycles. The topological polar surface area (TPSA) is 122 Å². The van der Waals surface area contributed by atoms with E-state index in [9.17, 15) is 18.0 Å². The Bertz CT molecular complexity index is 1240. The Hall–Kier alpha value is -3.37. The first-order valence-corrected chi connectivity index (χ1v) is 11.5. The highest BCUT2D eigenvalue weighted by molar-refractivity contribution is 7.92. The first kappa shape index (κ1) is 23.3. The van der Waals surface area contributed by atoms with Gasteiger partial charge in [0.25, 0.3) is 15.9 Å². The third-order valence-corrected chi connectivity index (χ3v) is 6.10. The number of nitrogens with zero attached hydrogens (tertiary/aromatic N) is 2. The number of aromatic nitrogens is 2. The van der Waals surface area contributed by atoms with Gasteiger partial charge >= 0.3 is 0 Å². The Morgan fingerprint density at radius 3 is 2.41 bits per heavy atom. The minimum absolute atomic E-state index is 0.0721. The van der Waals surface area contributed by atoms with Crippen LogP contribution in [-0.4, -0.2) is 30.0 Å². The van der Waals surface area contributed by atoms with Gasteiger partial charge in [-0.05, 0) is 62.4 Å². The summed E-state index contributed by atoms with van der Waals surface area (Å²) < 4.78 is 29.4. The minimum atomic E-state index is -3.92. The highest BCUT2D eigenvalue weighted by Crippen LogP contribution is 2.19. The van der Waals surface area contributed by atoms with Gasteiger partial charge in [0.2, 0.25) is 5.91 Å². The van der Waals surface area contributed by atoms with E-state index in [-0.39, 0.29) is 16.9 Å². The fraction of sp³-hybridized carbons (Fsp3) is 0.190. The molecule has 11 heteroatoms. The summed E-state index contributed by atoms with van der Waals surface area (Å²) in [6, 6.07) is 13.5. The zero-order chi connectivity index (χ0) is 23.3. The molecule has 3 rings (SSSR count). The fourth-order valence-corrected chi connectivity index (χ4v) is 4.14. The van der Waals surface area contributed by atoms with Gasteiger partial charge in [-0.1, -0.05) is 17.7 Å². The van der Waals surface area contributed by atoms with Crippen molar-refractivity contribution in [1.29, 1.82) is 0 Å². The van der Waals surface area contributed by atoms with Gasteiger partial charge in [-0.15, -0.1) is 0 Å². The number of hydrogen-bond donors (Lipinski definition) is 3. The fourth-order valence-electron chi connectivity index (χ4n) is 2.91. The maximum Gasteiger partial charge on any atom is 0.269 e. The van der Waals surface area contributed by atoms with Gasteiger partial charge in [-0.25, -0.2) is 8.42 Å². The number of halogens is 1. The molecule has 1 aromatic heterocycles. The Labute approximate surface area is 190 Å². The summed E-state index contributed by atoms with van der Waals surface area (Å²) >= 11 is 5.81. The van der Waals surface area contributed by atoms with Crippen LogP contribution in [0.2, 0.25) is 5.02 Å². The summed E-state index contributed by atoms with van der Waals surface area (Å²) in [7, 11) is -3.92. The summed E-state index contributed by atoms with van der Waals surface area (Å²) in [4.78, 5) is 24.3. The van der Waals surface area contributed by atoms with Crippen LogP contribution in [0.3, 0.4) is 0 Å². The number of benzene rings is 2.